The van der Waals surface area contributed by atoms with Gasteiger partial charge in [-0.25, -0.2) is 0 Å². The molecule has 1 aliphatic heterocycles. The van der Waals surface area contributed by atoms with Gasteiger partial charge in [0.05, 0.1) is 0 Å². The van der Waals surface area contributed by atoms with Gasteiger partial charge >= 0.3 is 0 Å². The second kappa shape index (κ2) is 8.88. The fourth-order valence-corrected chi connectivity index (χ4v) is 5.12. The molecule has 0 bridgehead atoms. The molecule has 0 aromatic rings. The number of carbonyl (C=O) groups excluding carboxylic acids is 1. The van der Waals surface area contributed by atoms with E-state index in [-0.39, 0.29) is 5.92 Å². The quantitative estimate of drug-likeness (QED) is 0.625. The molecule has 25 heavy (non-hydrogen) atoms. The second-order valence-electron chi connectivity index (χ2n) is 9.18. The van der Waals surface area contributed by atoms with E-state index in [4.69, 9.17) is 0 Å². The number of likely N-dealkylation sites (tertiary alicyclic amines) is 1. The van der Waals surface area contributed by atoms with Crippen molar-refractivity contribution in [3.63, 3.8) is 0 Å². The lowest BCUT2D eigenvalue weighted by atomic mass is 9.80. The summed E-state index contributed by atoms with van der Waals surface area (Å²) < 4.78 is 0. The summed E-state index contributed by atoms with van der Waals surface area (Å²) in [5.74, 6) is 2.45. The Kier molecular flexibility index (Phi) is 6.82. The average molecular weight is 349 g/mol. The van der Waals surface area contributed by atoms with Gasteiger partial charge in [0.1, 0.15) is 0 Å². The largest absolute Gasteiger partial charge is 0.356 e. The standard InChI is InChI=1S/C22H40N2O/c1-3-18(4-2)10-14-23-21(25)20-11-16-24(17-22(20)12-13-22)15-6-9-19-7-5-8-19/h18-20H,3-17H2,1-2H3,(H,23,25). The first-order valence-corrected chi connectivity index (χ1v) is 11.2. The summed E-state index contributed by atoms with van der Waals surface area (Å²) in [6.07, 6.45) is 14.5. The minimum absolute atomic E-state index is 0.289. The van der Waals surface area contributed by atoms with Crippen LogP contribution in [0, 0.1) is 23.2 Å². The topological polar surface area (TPSA) is 32.3 Å². The van der Waals surface area contributed by atoms with E-state index in [9.17, 15) is 4.79 Å². The maximum Gasteiger partial charge on any atom is 0.223 e. The monoisotopic (exact) mass is 348 g/mol. The van der Waals surface area contributed by atoms with Gasteiger partial charge in [0.25, 0.3) is 0 Å². The summed E-state index contributed by atoms with van der Waals surface area (Å²) in [4.78, 5) is 15.4. The van der Waals surface area contributed by atoms with Gasteiger partial charge in [-0.1, -0.05) is 46.0 Å². The van der Waals surface area contributed by atoms with Crippen LogP contribution in [0.5, 0.6) is 0 Å². The van der Waals surface area contributed by atoms with Crippen LogP contribution in [0.15, 0.2) is 0 Å². The van der Waals surface area contributed by atoms with Crippen molar-refractivity contribution in [1.29, 1.82) is 0 Å². The molecule has 1 amide bonds. The molecule has 2 saturated carbocycles. The molecule has 3 rings (SSSR count). The predicted octanol–water partition coefficient (Wildman–Crippen LogP) is 4.61. The highest BCUT2D eigenvalue weighted by Crippen LogP contribution is 2.55. The highest BCUT2D eigenvalue weighted by atomic mass is 16.1. The van der Waals surface area contributed by atoms with Crippen LogP contribution in [-0.2, 0) is 4.79 Å². The SMILES string of the molecule is CCC(CC)CCNC(=O)C1CCN(CCCC2CCC2)CC12CC2. The number of hydrogen-bond acceptors (Lipinski definition) is 2. The third kappa shape index (κ3) is 4.99. The van der Waals surface area contributed by atoms with E-state index in [1.54, 1.807) is 0 Å². The summed E-state index contributed by atoms with van der Waals surface area (Å²) in [6, 6.07) is 0. The van der Waals surface area contributed by atoms with Gasteiger partial charge in [0.15, 0.2) is 0 Å². The highest BCUT2D eigenvalue weighted by Gasteiger charge is 2.54. The maximum atomic E-state index is 12.7. The van der Waals surface area contributed by atoms with E-state index in [0.29, 0.717) is 11.3 Å². The predicted molar refractivity (Wildman–Crippen MR) is 104 cm³/mol. The van der Waals surface area contributed by atoms with Crippen LogP contribution in [0.25, 0.3) is 0 Å². The van der Waals surface area contributed by atoms with E-state index >= 15 is 0 Å². The zero-order valence-electron chi connectivity index (χ0n) is 16.7. The van der Waals surface area contributed by atoms with Crippen molar-refractivity contribution >= 4 is 5.91 Å². The van der Waals surface area contributed by atoms with E-state index in [1.807, 2.05) is 0 Å². The molecule has 3 heteroatoms. The van der Waals surface area contributed by atoms with Crippen molar-refractivity contribution in [2.24, 2.45) is 23.2 Å². The average Bonchev–Trinajstić information content (AvgIpc) is 3.33. The summed E-state index contributed by atoms with van der Waals surface area (Å²) in [6.45, 7) is 8.98. The minimum atomic E-state index is 0.289. The molecule has 0 aromatic heterocycles. The Morgan fingerprint density at radius 3 is 2.56 bits per heavy atom. The lowest BCUT2D eigenvalue weighted by Gasteiger charge is -2.39. The molecule has 1 heterocycles. The van der Waals surface area contributed by atoms with Gasteiger partial charge in [-0.15, -0.1) is 0 Å². The minimum Gasteiger partial charge on any atom is -0.356 e. The number of amides is 1. The molecule has 1 atom stereocenters. The number of hydrogen-bond donors (Lipinski definition) is 1. The first-order chi connectivity index (χ1) is 12.2. The van der Waals surface area contributed by atoms with Crippen molar-refractivity contribution < 1.29 is 4.79 Å². The molecule has 1 N–H and O–H groups in total. The molecule has 0 radical (unpaired) electrons. The Morgan fingerprint density at radius 1 is 1.20 bits per heavy atom. The Bertz CT molecular complexity index is 424. The molecule has 144 valence electrons. The Balaban J connectivity index is 1.38. The number of carbonyl (C=O) groups is 1. The lowest BCUT2D eigenvalue weighted by molar-refractivity contribution is -0.129. The van der Waals surface area contributed by atoms with Crippen LogP contribution >= 0.6 is 0 Å². The fourth-order valence-electron chi connectivity index (χ4n) is 5.12. The summed E-state index contributed by atoms with van der Waals surface area (Å²) >= 11 is 0. The zero-order valence-corrected chi connectivity index (χ0v) is 16.7. The molecule has 3 nitrogen and oxygen atoms in total. The van der Waals surface area contributed by atoms with E-state index < -0.39 is 0 Å². The molecule has 3 aliphatic rings. The molecule has 0 aromatic carbocycles. The molecule has 1 unspecified atom stereocenters. The summed E-state index contributed by atoms with van der Waals surface area (Å²) in [5, 5.41) is 3.28. The number of nitrogens with one attached hydrogen (secondary N) is 1. The van der Waals surface area contributed by atoms with Crippen LogP contribution in [0.2, 0.25) is 0 Å². The number of nitrogens with zero attached hydrogens (tertiary/aromatic N) is 1. The van der Waals surface area contributed by atoms with Crippen LogP contribution < -0.4 is 5.32 Å². The van der Waals surface area contributed by atoms with Gasteiger partial charge < -0.3 is 10.2 Å². The van der Waals surface area contributed by atoms with Crippen LogP contribution in [-0.4, -0.2) is 37.0 Å². The molecule has 1 saturated heterocycles. The summed E-state index contributed by atoms with van der Waals surface area (Å²) in [7, 11) is 0. The molecule has 1 spiro atoms. The fraction of sp³-hybridized carbons (Fsp3) is 0.955. The van der Waals surface area contributed by atoms with Gasteiger partial charge in [0, 0.05) is 19.0 Å². The van der Waals surface area contributed by atoms with Gasteiger partial charge in [-0.3, -0.25) is 4.79 Å². The Morgan fingerprint density at radius 2 is 1.96 bits per heavy atom. The van der Waals surface area contributed by atoms with Crippen molar-refractivity contribution in [3.05, 3.63) is 0 Å². The number of rotatable bonds is 10. The van der Waals surface area contributed by atoms with Gasteiger partial charge in [0.2, 0.25) is 5.91 Å². The molecular weight excluding hydrogens is 308 g/mol. The first kappa shape index (κ1) is 19.2. The third-order valence-electron chi connectivity index (χ3n) is 7.54. The van der Waals surface area contributed by atoms with Crippen molar-refractivity contribution in [2.75, 3.05) is 26.2 Å². The number of piperidine rings is 1. The molecular formula is C22H40N2O. The highest BCUT2D eigenvalue weighted by molar-refractivity contribution is 5.80. The van der Waals surface area contributed by atoms with Gasteiger partial charge in [-0.2, -0.15) is 0 Å². The first-order valence-electron chi connectivity index (χ1n) is 11.2. The smallest absolute Gasteiger partial charge is 0.223 e. The van der Waals surface area contributed by atoms with E-state index in [2.05, 4.69) is 24.1 Å². The molecule has 2 aliphatic carbocycles. The van der Waals surface area contributed by atoms with Crippen LogP contribution in [0.4, 0.5) is 0 Å². The normalized spacial score (nSPS) is 26.0. The third-order valence-corrected chi connectivity index (χ3v) is 7.54. The van der Waals surface area contributed by atoms with Crippen molar-refractivity contribution in [1.82, 2.24) is 10.2 Å². The lowest BCUT2D eigenvalue weighted by Crippen LogP contribution is -2.48. The van der Waals surface area contributed by atoms with Gasteiger partial charge in [-0.05, 0) is 68.9 Å². The van der Waals surface area contributed by atoms with Crippen LogP contribution in [0.3, 0.4) is 0 Å². The van der Waals surface area contributed by atoms with E-state index in [1.165, 1.54) is 70.9 Å². The maximum absolute atomic E-state index is 12.7. The van der Waals surface area contributed by atoms with Crippen molar-refractivity contribution in [2.45, 2.75) is 84.5 Å². The van der Waals surface area contributed by atoms with Crippen molar-refractivity contribution in [3.8, 4) is 0 Å². The summed E-state index contributed by atoms with van der Waals surface area (Å²) in [5.41, 5.74) is 0.341. The van der Waals surface area contributed by atoms with E-state index in [0.717, 1.165) is 37.8 Å². The molecule has 3 fully saturated rings. The Labute approximate surface area is 155 Å². The van der Waals surface area contributed by atoms with Crippen LogP contribution in [0.1, 0.15) is 84.5 Å². The zero-order chi connectivity index (χ0) is 17.7. The Hall–Kier alpha value is -0.570. The second-order valence-corrected chi connectivity index (χ2v) is 9.18.